The molecular weight excluding hydrogens is 232 g/mol. The van der Waals surface area contributed by atoms with Crippen molar-refractivity contribution >= 4 is 11.8 Å². The molecule has 0 radical (unpaired) electrons. The van der Waals surface area contributed by atoms with E-state index in [1.54, 1.807) is 0 Å². The van der Waals surface area contributed by atoms with Gasteiger partial charge in [-0.25, -0.2) is 9.79 Å². The first kappa shape index (κ1) is 12.2. The molecule has 2 aliphatic rings. The second-order valence-electron chi connectivity index (χ2n) is 3.90. The Balaban J connectivity index is 2.04. The zero-order chi connectivity index (χ0) is 12.6. The third kappa shape index (κ3) is 2.53. The Morgan fingerprint density at radius 2 is 2.29 bits per heavy atom. The Labute approximate surface area is 96.4 Å². The molecule has 2 fully saturated rings. The summed E-state index contributed by atoms with van der Waals surface area (Å²) in [5, 5.41) is 20.7. The molecule has 9 nitrogen and oxygen atoms in total. The number of esters is 1. The Hall–Kier alpha value is -1.26. The first-order valence-electron chi connectivity index (χ1n) is 5.03. The molecule has 0 aliphatic carbocycles. The number of amidine groups is 1. The van der Waals surface area contributed by atoms with Crippen LogP contribution in [0.25, 0.3) is 0 Å². The molecule has 9 heteroatoms. The fraction of sp³-hybridized carbons (Fsp3) is 0.750. The Morgan fingerprint density at radius 1 is 1.59 bits per heavy atom. The van der Waals surface area contributed by atoms with E-state index in [4.69, 9.17) is 21.3 Å². The third-order valence-corrected chi connectivity index (χ3v) is 2.43. The van der Waals surface area contributed by atoms with Crippen molar-refractivity contribution in [2.75, 3.05) is 6.61 Å². The summed E-state index contributed by atoms with van der Waals surface area (Å²) in [6.45, 7) is -0.321. The molecule has 3 atom stereocenters. The lowest BCUT2D eigenvalue weighted by Gasteiger charge is -2.14. The number of hydrogen-bond acceptors (Lipinski definition) is 8. The molecule has 2 heterocycles. The fourth-order valence-corrected chi connectivity index (χ4v) is 1.65. The molecule has 0 aromatic carbocycles. The van der Waals surface area contributed by atoms with Crippen molar-refractivity contribution in [2.45, 2.75) is 30.8 Å². The molecule has 0 saturated carbocycles. The number of hydrogen-bond donors (Lipinski definition) is 5. The van der Waals surface area contributed by atoms with Crippen molar-refractivity contribution in [3.63, 3.8) is 0 Å². The first-order chi connectivity index (χ1) is 7.91. The van der Waals surface area contributed by atoms with E-state index < -0.39 is 30.4 Å². The van der Waals surface area contributed by atoms with Gasteiger partial charge in [-0.15, -0.1) is 0 Å². The minimum atomic E-state index is -1.77. The molecule has 0 spiro atoms. The number of nitrogens with one attached hydrogen (secondary N) is 1. The largest absolute Gasteiger partial charge is 0.405 e. The lowest BCUT2D eigenvalue weighted by Crippen LogP contribution is -2.59. The van der Waals surface area contributed by atoms with Crippen molar-refractivity contribution in [3.8, 4) is 0 Å². The molecule has 0 unspecified atom stereocenters. The number of nitrogens with two attached hydrogens (primary N) is 2. The Kier molecular flexibility index (Phi) is 3.02. The highest BCUT2D eigenvalue weighted by Gasteiger charge is 2.40. The predicted octanol–water partition coefficient (Wildman–Crippen LogP) is -3.47. The van der Waals surface area contributed by atoms with Crippen LogP contribution in [0.2, 0.25) is 0 Å². The maximum Gasteiger partial charge on any atom is 0.378 e. The SMILES string of the molecule is NC1(N)NC(=N[C@H]2C[C@H](O)[C@@H](CO)O2)C(=O)O1. The quantitative estimate of drug-likeness (QED) is 0.249. The standard InChI is InChI=1S/C8H14N4O5/c9-8(10)12-6(7(15)17-8)11-5-1-3(14)4(2-13)16-5/h3-5,13-14H,1-2,9-10H2,(H,11,12)/t3-,4+,5+/m0/s1. The lowest BCUT2D eigenvalue weighted by molar-refractivity contribution is -0.145. The maximum absolute atomic E-state index is 11.3. The van der Waals surface area contributed by atoms with Crippen LogP contribution in [0.5, 0.6) is 0 Å². The van der Waals surface area contributed by atoms with E-state index in [9.17, 15) is 9.90 Å². The zero-order valence-corrected chi connectivity index (χ0v) is 8.87. The normalized spacial score (nSPS) is 38.2. The zero-order valence-electron chi connectivity index (χ0n) is 8.87. The topological polar surface area (TPSA) is 152 Å². The highest BCUT2D eigenvalue weighted by atomic mass is 16.6. The average Bonchev–Trinajstić information content (AvgIpc) is 2.67. The summed E-state index contributed by atoms with van der Waals surface area (Å²) < 4.78 is 9.74. The molecule has 2 rings (SSSR count). The van der Waals surface area contributed by atoms with Gasteiger partial charge in [-0.1, -0.05) is 0 Å². The summed E-state index contributed by atoms with van der Waals surface area (Å²) in [4.78, 5) is 15.1. The van der Waals surface area contributed by atoms with Gasteiger partial charge >= 0.3 is 11.9 Å². The Bertz CT molecular complexity index is 358. The molecule has 0 amide bonds. The van der Waals surface area contributed by atoms with Crippen LogP contribution in [0, 0.1) is 0 Å². The summed E-state index contributed by atoms with van der Waals surface area (Å²) in [7, 11) is 0. The number of aliphatic hydroxyl groups is 2. The molecule has 2 aliphatic heterocycles. The van der Waals surface area contributed by atoms with Crippen molar-refractivity contribution in [1.29, 1.82) is 0 Å². The van der Waals surface area contributed by atoms with Gasteiger partial charge in [-0.3, -0.25) is 11.5 Å². The molecule has 0 aromatic rings. The van der Waals surface area contributed by atoms with E-state index in [-0.39, 0.29) is 18.9 Å². The molecule has 17 heavy (non-hydrogen) atoms. The van der Waals surface area contributed by atoms with E-state index in [0.717, 1.165) is 0 Å². The lowest BCUT2D eigenvalue weighted by atomic mass is 10.2. The number of carbonyl (C=O) groups is 1. The summed E-state index contributed by atoms with van der Waals surface area (Å²) in [6.07, 6.45) is -2.10. The number of cyclic esters (lactones) is 1. The van der Waals surface area contributed by atoms with Gasteiger partial charge in [-0.2, -0.15) is 0 Å². The molecule has 2 saturated heterocycles. The number of aliphatic hydroxyl groups excluding tert-OH is 2. The van der Waals surface area contributed by atoms with E-state index in [0.29, 0.717) is 0 Å². The Morgan fingerprint density at radius 3 is 2.76 bits per heavy atom. The van der Waals surface area contributed by atoms with Crippen LogP contribution in [-0.2, 0) is 14.3 Å². The van der Waals surface area contributed by atoms with Crippen LogP contribution in [0.4, 0.5) is 0 Å². The third-order valence-electron chi connectivity index (χ3n) is 2.43. The van der Waals surface area contributed by atoms with Crippen molar-refractivity contribution < 1.29 is 24.5 Å². The minimum Gasteiger partial charge on any atom is -0.405 e. The average molecular weight is 246 g/mol. The predicted molar refractivity (Wildman–Crippen MR) is 54.1 cm³/mol. The molecule has 96 valence electrons. The van der Waals surface area contributed by atoms with Gasteiger partial charge in [0, 0.05) is 6.42 Å². The summed E-state index contributed by atoms with van der Waals surface area (Å²) in [6, 6.07) is 0. The maximum atomic E-state index is 11.3. The monoisotopic (exact) mass is 246 g/mol. The molecule has 7 N–H and O–H groups in total. The second-order valence-corrected chi connectivity index (χ2v) is 3.90. The first-order valence-corrected chi connectivity index (χ1v) is 5.03. The fourth-order valence-electron chi connectivity index (χ4n) is 1.65. The number of carbonyl (C=O) groups excluding carboxylic acids is 1. The van der Waals surface area contributed by atoms with Gasteiger partial charge in [0.2, 0.25) is 5.84 Å². The molecule has 0 bridgehead atoms. The molecule has 0 aromatic heterocycles. The van der Waals surface area contributed by atoms with Crippen molar-refractivity contribution in [2.24, 2.45) is 16.5 Å². The van der Waals surface area contributed by atoms with Crippen LogP contribution in [0.3, 0.4) is 0 Å². The van der Waals surface area contributed by atoms with Gasteiger partial charge in [0.15, 0.2) is 6.23 Å². The number of rotatable bonds is 2. The van der Waals surface area contributed by atoms with Crippen LogP contribution >= 0.6 is 0 Å². The van der Waals surface area contributed by atoms with Gasteiger partial charge in [0.25, 0.3) is 0 Å². The minimum absolute atomic E-state index is 0.161. The van der Waals surface area contributed by atoms with Gasteiger partial charge in [0.1, 0.15) is 6.10 Å². The second kappa shape index (κ2) is 4.20. The number of aliphatic imine (C=N–C) groups is 1. The van der Waals surface area contributed by atoms with E-state index in [1.165, 1.54) is 0 Å². The summed E-state index contributed by atoms with van der Waals surface area (Å²) >= 11 is 0. The van der Waals surface area contributed by atoms with Crippen molar-refractivity contribution in [1.82, 2.24) is 5.32 Å². The van der Waals surface area contributed by atoms with Crippen LogP contribution < -0.4 is 16.8 Å². The van der Waals surface area contributed by atoms with Gasteiger partial charge in [0.05, 0.1) is 12.7 Å². The van der Waals surface area contributed by atoms with Gasteiger partial charge in [-0.05, 0) is 0 Å². The summed E-state index contributed by atoms with van der Waals surface area (Å²) in [5.41, 5.74) is 10.7. The number of ether oxygens (including phenoxy) is 2. The molecular formula is C8H14N4O5. The van der Waals surface area contributed by atoms with E-state index in [2.05, 4.69) is 15.0 Å². The van der Waals surface area contributed by atoms with Crippen LogP contribution in [-0.4, -0.2) is 53.0 Å². The van der Waals surface area contributed by atoms with E-state index in [1.807, 2.05) is 0 Å². The van der Waals surface area contributed by atoms with Crippen LogP contribution in [0.15, 0.2) is 4.99 Å². The highest BCUT2D eigenvalue weighted by molar-refractivity contribution is 6.37. The summed E-state index contributed by atoms with van der Waals surface area (Å²) in [5.74, 6) is -2.73. The van der Waals surface area contributed by atoms with Crippen molar-refractivity contribution in [3.05, 3.63) is 0 Å². The van der Waals surface area contributed by atoms with Crippen LogP contribution in [0.1, 0.15) is 6.42 Å². The highest BCUT2D eigenvalue weighted by Crippen LogP contribution is 2.21. The van der Waals surface area contributed by atoms with E-state index >= 15 is 0 Å². The number of nitrogens with zero attached hydrogens (tertiary/aromatic N) is 1. The smallest absolute Gasteiger partial charge is 0.378 e. The van der Waals surface area contributed by atoms with Gasteiger partial charge < -0.3 is 25.0 Å².